The number of imide groups is 1. The van der Waals surface area contributed by atoms with Gasteiger partial charge in [-0.25, -0.2) is 0 Å². The lowest BCUT2D eigenvalue weighted by Crippen LogP contribution is -2.50. The van der Waals surface area contributed by atoms with Gasteiger partial charge in [0.2, 0.25) is 12.3 Å². The van der Waals surface area contributed by atoms with Gasteiger partial charge < -0.3 is 19.5 Å². The molecule has 0 aliphatic carbocycles. The topological polar surface area (TPSA) is 161 Å². The molecule has 2 atom stereocenters. The Morgan fingerprint density at radius 2 is 1.12 bits per heavy atom. The molecule has 2 unspecified atom stereocenters. The lowest BCUT2D eigenvalue weighted by Gasteiger charge is -2.27. The van der Waals surface area contributed by atoms with Gasteiger partial charge in [-0.15, -0.1) is 0 Å². The normalized spacial score (nSPS) is 13.5. The monoisotopic (exact) mass is 614 g/mol. The van der Waals surface area contributed by atoms with Crippen LogP contribution in [0.4, 0.5) is 0 Å². The Labute approximate surface area is 258 Å². The van der Waals surface area contributed by atoms with Crippen LogP contribution in [0.1, 0.15) is 120 Å². The first kappa shape index (κ1) is 40.4. The summed E-state index contributed by atoms with van der Waals surface area (Å²) in [6, 6.07) is -1.36. The largest absolute Gasteiger partial charge is 0.460 e. The van der Waals surface area contributed by atoms with Crippen molar-refractivity contribution in [2.45, 2.75) is 149 Å². The molecule has 0 bridgehead atoms. The summed E-state index contributed by atoms with van der Waals surface area (Å²) in [5.74, 6) is -1.52. The van der Waals surface area contributed by atoms with Crippen molar-refractivity contribution < 1.29 is 38.2 Å². The molecule has 0 aromatic rings. The van der Waals surface area contributed by atoms with E-state index in [1.807, 2.05) is 20.8 Å². The minimum atomic E-state index is -0.776. The molecule has 0 radical (unpaired) electrons. The second-order valence-corrected chi connectivity index (χ2v) is 13.6. The van der Waals surface area contributed by atoms with Gasteiger partial charge >= 0.3 is 17.9 Å². The van der Waals surface area contributed by atoms with E-state index in [0.717, 1.165) is 45.2 Å². The molecule has 0 heterocycles. The van der Waals surface area contributed by atoms with Crippen molar-refractivity contribution in [2.75, 3.05) is 19.8 Å². The summed E-state index contributed by atoms with van der Waals surface area (Å²) in [6.07, 6.45) is 5.67. The maximum absolute atomic E-state index is 12.9. The predicted molar refractivity (Wildman–Crippen MR) is 165 cm³/mol. The van der Waals surface area contributed by atoms with Gasteiger partial charge in [-0.05, 0) is 108 Å². The number of nitrogens with one attached hydrogen (secondary N) is 4. The van der Waals surface area contributed by atoms with Crippen LogP contribution in [-0.2, 0) is 38.2 Å². The van der Waals surface area contributed by atoms with Crippen LogP contribution in [0.3, 0.4) is 0 Å². The zero-order valence-corrected chi connectivity index (χ0v) is 28.0. The first-order valence-corrected chi connectivity index (χ1v) is 15.4. The second kappa shape index (κ2) is 20.4. The fourth-order valence-electron chi connectivity index (χ4n) is 3.89. The van der Waals surface area contributed by atoms with Crippen LogP contribution in [0, 0.1) is 0 Å². The van der Waals surface area contributed by atoms with Gasteiger partial charge in [0.25, 0.3) is 0 Å². The molecule has 250 valence electrons. The highest BCUT2D eigenvalue weighted by atomic mass is 16.6. The first-order chi connectivity index (χ1) is 19.8. The lowest BCUT2D eigenvalue weighted by atomic mass is 10.1. The molecule has 0 aromatic heterocycles. The van der Waals surface area contributed by atoms with Crippen molar-refractivity contribution in [3.8, 4) is 0 Å². The Balaban J connectivity index is 4.87. The maximum Gasteiger partial charge on any atom is 0.323 e. The maximum atomic E-state index is 12.9. The van der Waals surface area contributed by atoms with Gasteiger partial charge in [0, 0.05) is 19.5 Å². The lowest BCUT2D eigenvalue weighted by molar-refractivity contribution is -0.159. The van der Waals surface area contributed by atoms with Crippen molar-refractivity contribution in [3.63, 3.8) is 0 Å². The number of hydrogen-bond donors (Lipinski definition) is 4. The van der Waals surface area contributed by atoms with E-state index >= 15 is 0 Å². The van der Waals surface area contributed by atoms with E-state index in [4.69, 9.17) is 14.2 Å². The summed E-state index contributed by atoms with van der Waals surface area (Å²) >= 11 is 0. The zero-order chi connectivity index (χ0) is 33.1. The summed E-state index contributed by atoms with van der Waals surface area (Å²) < 4.78 is 16.5. The summed E-state index contributed by atoms with van der Waals surface area (Å²) in [4.78, 5) is 59.6. The number of unbranched alkanes of at least 4 members (excludes halogenated alkanes) is 3. The summed E-state index contributed by atoms with van der Waals surface area (Å²) in [7, 11) is 0. The molecule has 0 aromatic carbocycles. The van der Waals surface area contributed by atoms with Crippen LogP contribution in [0.25, 0.3) is 0 Å². The number of ether oxygens (including phenoxy) is 3. The van der Waals surface area contributed by atoms with Crippen molar-refractivity contribution in [2.24, 2.45) is 0 Å². The van der Waals surface area contributed by atoms with E-state index in [2.05, 4.69) is 21.3 Å². The molecule has 0 saturated carbocycles. The number of amides is 2. The zero-order valence-electron chi connectivity index (χ0n) is 28.0. The van der Waals surface area contributed by atoms with Crippen LogP contribution < -0.4 is 21.3 Å². The number of rotatable bonds is 21. The summed E-state index contributed by atoms with van der Waals surface area (Å²) in [5.41, 5.74) is -1.97. The highest BCUT2D eigenvalue weighted by Crippen LogP contribution is 2.14. The molecule has 0 aliphatic rings. The van der Waals surface area contributed by atoms with Crippen molar-refractivity contribution in [3.05, 3.63) is 0 Å². The van der Waals surface area contributed by atoms with Crippen LogP contribution in [0.5, 0.6) is 0 Å². The van der Waals surface area contributed by atoms with E-state index in [1.54, 1.807) is 41.5 Å². The summed E-state index contributed by atoms with van der Waals surface area (Å²) in [5, 5.41) is 11.8. The Morgan fingerprint density at radius 3 is 1.60 bits per heavy atom. The molecule has 4 N–H and O–H groups in total. The molecule has 12 heteroatoms. The van der Waals surface area contributed by atoms with Crippen molar-refractivity contribution >= 4 is 30.2 Å². The number of carbonyl (C=O) groups is 5. The third kappa shape index (κ3) is 24.6. The smallest absolute Gasteiger partial charge is 0.323 e. The second-order valence-electron chi connectivity index (χ2n) is 13.6. The van der Waals surface area contributed by atoms with E-state index in [9.17, 15) is 24.0 Å². The minimum Gasteiger partial charge on any atom is -0.460 e. The molecule has 12 nitrogen and oxygen atoms in total. The molecule has 0 fully saturated rings. The Kier molecular flexibility index (Phi) is 19.2. The van der Waals surface area contributed by atoms with Crippen molar-refractivity contribution in [1.29, 1.82) is 0 Å². The number of hydrogen-bond acceptors (Lipinski definition) is 11. The van der Waals surface area contributed by atoms with Crippen LogP contribution >= 0.6 is 0 Å². The fraction of sp³-hybridized carbons (Fsp3) is 0.839. The molecule has 0 spiro atoms. The van der Waals surface area contributed by atoms with Crippen LogP contribution in [-0.4, -0.2) is 78.9 Å². The van der Waals surface area contributed by atoms with E-state index in [-0.39, 0.29) is 31.4 Å². The van der Waals surface area contributed by atoms with Gasteiger partial charge in [-0.3, -0.25) is 39.9 Å². The summed E-state index contributed by atoms with van der Waals surface area (Å²) in [6.45, 7) is 17.9. The van der Waals surface area contributed by atoms with Gasteiger partial charge in [0.05, 0.1) is 0 Å². The molecule has 43 heavy (non-hydrogen) atoms. The molecule has 0 aliphatic heterocycles. The minimum absolute atomic E-state index is 0.0339. The molecule has 0 rings (SSSR count). The SMILES string of the molecule is CC(C)(C)OC(=O)CCC(NCNC(CCCCNCCCCCC(=O)NC=O)C(=O)OC(C)(C)C)C(=O)OC(C)(C)C. The first-order valence-electron chi connectivity index (χ1n) is 15.4. The molecule has 2 amide bonds. The van der Waals surface area contributed by atoms with E-state index in [0.29, 0.717) is 19.3 Å². The van der Waals surface area contributed by atoms with Gasteiger partial charge in [-0.1, -0.05) is 12.8 Å². The standard InChI is InChI=1S/C31H58N4O8/c1-29(2,3)41-26(38)18-17-24(28(40)43-31(7,8)9)34-21-33-23(27(39)42-30(4,5)6)15-12-14-20-32-19-13-10-11-16-25(37)35-22-36/h22-24,32-34H,10-21H2,1-9H3,(H,35,36,37). The fourth-order valence-corrected chi connectivity index (χ4v) is 3.89. The van der Waals surface area contributed by atoms with Gasteiger partial charge in [-0.2, -0.15) is 0 Å². The number of carbonyl (C=O) groups excluding carboxylic acids is 5. The third-order valence-corrected chi connectivity index (χ3v) is 5.71. The van der Waals surface area contributed by atoms with Crippen LogP contribution in [0.15, 0.2) is 0 Å². The molecular weight excluding hydrogens is 556 g/mol. The Morgan fingerprint density at radius 1 is 0.628 bits per heavy atom. The van der Waals surface area contributed by atoms with Crippen molar-refractivity contribution in [1.82, 2.24) is 21.3 Å². The molecule has 0 saturated heterocycles. The predicted octanol–water partition coefficient (Wildman–Crippen LogP) is 3.26. The average molecular weight is 615 g/mol. The average Bonchev–Trinajstić information content (AvgIpc) is 2.82. The van der Waals surface area contributed by atoms with Gasteiger partial charge in [0.15, 0.2) is 0 Å². The highest BCUT2D eigenvalue weighted by molar-refractivity contribution is 5.85. The van der Waals surface area contributed by atoms with E-state index in [1.165, 1.54) is 0 Å². The van der Waals surface area contributed by atoms with E-state index < -0.39 is 40.8 Å². The van der Waals surface area contributed by atoms with Crippen LogP contribution in [0.2, 0.25) is 0 Å². The highest BCUT2D eigenvalue weighted by Gasteiger charge is 2.28. The molecular formula is C31H58N4O8. The third-order valence-electron chi connectivity index (χ3n) is 5.71. The number of esters is 3. The van der Waals surface area contributed by atoms with Gasteiger partial charge in [0.1, 0.15) is 28.9 Å². The Bertz CT molecular complexity index is 859. The quantitative estimate of drug-likeness (QED) is 0.0494. The Hall–Kier alpha value is -2.57.